The smallest absolute Gasteiger partial charge is 0.309 e. The van der Waals surface area contributed by atoms with Crippen molar-refractivity contribution in [2.45, 2.75) is 12.6 Å². The number of benzene rings is 2. The Kier molecular flexibility index (Phi) is 7.54. The highest BCUT2D eigenvalue weighted by molar-refractivity contribution is 6.35. The van der Waals surface area contributed by atoms with Crippen LogP contribution in [0.25, 0.3) is 0 Å². The first-order valence-electron chi connectivity index (χ1n) is 11.1. The molecule has 0 aliphatic carbocycles. The number of para-hydroxylation sites is 1. The fraction of sp³-hybridized carbons (Fsp3) is 0.280. The van der Waals surface area contributed by atoms with E-state index in [1.54, 1.807) is 36.6 Å². The number of carbonyl (C=O) groups is 2. The number of anilines is 1. The van der Waals surface area contributed by atoms with Crippen LogP contribution in [0.4, 0.5) is 14.5 Å². The molecular formula is C25H26F2N4O3. The molecule has 2 amide bonds. The molecule has 1 aliphatic heterocycles. The number of hydrogen-bond acceptors (Lipinski definition) is 5. The van der Waals surface area contributed by atoms with Crippen LogP contribution in [0.3, 0.4) is 0 Å². The molecular weight excluding hydrogens is 442 g/mol. The number of amides is 2. The van der Waals surface area contributed by atoms with Gasteiger partial charge in [0.2, 0.25) is 0 Å². The normalized spacial score (nSPS) is 15.1. The average Bonchev–Trinajstić information content (AvgIpc) is 3.39. The van der Waals surface area contributed by atoms with Crippen LogP contribution in [0.5, 0.6) is 0 Å². The first-order valence-corrected chi connectivity index (χ1v) is 11.1. The van der Waals surface area contributed by atoms with Crippen molar-refractivity contribution in [1.29, 1.82) is 0 Å². The predicted molar refractivity (Wildman–Crippen MR) is 123 cm³/mol. The second-order valence-electron chi connectivity index (χ2n) is 8.02. The summed E-state index contributed by atoms with van der Waals surface area (Å²) in [7, 11) is 0. The van der Waals surface area contributed by atoms with Crippen molar-refractivity contribution in [3.63, 3.8) is 0 Å². The maximum Gasteiger partial charge on any atom is 0.309 e. The Labute approximate surface area is 196 Å². The number of rotatable bonds is 7. The third kappa shape index (κ3) is 5.79. The molecule has 7 nitrogen and oxygen atoms in total. The van der Waals surface area contributed by atoms with Gasteiger partial charge in [-0.3, -0.25) is 14.5 Å². The summed E-state index contributed by atoms with van der Waals surface area (Å²) in [4.78, 5) is 28.7. The minimum atomic E-state index is -0.771. The van der Waals surface area contributed by atoms with Crippen LogP contribution in [-0.2, 0) is 16.1 Å². The van der Waals surface area contributed by atoms with Gasteiger partial charge in [-0.2, -0.15) is 0 Å². The Morgan fingerprint density at radius 3 is 2.26 bits per heavy atom. The van der Waals surface area contributed by atoms with E-state index in [0.29, 0.717) is 43.2 Å². The molecule has 9 heteroatoms. The fourth-order valence-corrected chi connectivity index (χ4v) is 4.01. The molecule has 1 atom stereocenters. The van der Waals surface area contributed by atoms with E-state index in [1.807, 2.05) is 17.0 Å². The number of halogens is 2. The van der Waals surface area contributed by atoms with Crippen molar-refractivity contribution in [2.24, 2.45) is 0 Å². The van der Waals surface area contributed by atoms with Gasteiger partial charge in [-0.1, -0.05) is 24.3 Å². The van der Waals surface area contributed by atoms with Gasteiger partial charge in [0, 0.05) is 39.3 Å². The summed E-state index contributed by atoms with van der Waals surface area (Å²) < 4.78 is 32.7. The molecule has 0 bridgehead atoms. The molecule has 4 rings (SSSR count). The van der Waals surface area contributed by atoms with Crippen LogP contribution < -0.4 is 15.5 Å². The van der Waals surface area contributed by atoms with Crippen molar-refractivity contribution in [2.75, 3.05) is 37.6 Å². The zero-order chi connectivity index (χ0) is 23.9. The zero-order valence-electron chi connectivity index (χ0n) is 18.5. The van der Waals surface area contributed by atoms with Gasteiger partial charge in [0.1, 0.15) is 17.4 Å². The molecule has 1 fully saturated rings. The third-order valence-electron chi connectivity index (χ3n) is 5.85. The van der Waals surface area contributed by atoms with Crippen molar-refractivity contribution in [3.05, 3.63) is 89.9 Å². The summed E-state index contributed by atoms with van der Waals surface area (Å²) in [5.41, 5.74) is 1.26. The summed E-state index contributed by atoms with van der Waals surface area (Å²) in [5, 5.41) is 5.21. The second kappa shape index (κ2) is 10.9. The lowest BCUT2D eigenvalue weighted by Crippen LogP contribution is -2.51. The summed E-state index contributed by atoms with van der Waals surface area (Å²) in [5.74, 6) is -1.48. The molecule has 0 radical (unpaired) electrons. The number of hydrogen-bond donors (Lipinski definition) is 2. The third-order valence-corrected chi connectivity index (χ3v) is 5.85. The van der Waals surface area contributed by atoms with Gasteiger partial charge in [0.05, 0.1) is 18.0 Å². The molecule has 2 aromatic carbocycles. The first kappa shape index (κ1) is 23.4. The van der Waals surface area contributed by atoms with Gasteiger partial charge in [-0.05, 0) is 42.0 Å². The monoisotopic (exact) mass is 468 g/mol. The lowest BCUT2D eigenvalue weighted by atomic mass is 10.1. The zero-order valence-corrected chi connectivity index (χ0v) is 18.5. The van der Waals surface area contributed by atoms with Gasteiger partial charge in [-0.15, -0.1) is 0 Å². The highest BCUT2D eigenvalue weighted by Crippen LogP contribution is 2.25. The summed E-state index contributed by atoms with van der Waals surface area (Å²) in [6, 6.07) is 15.7. The fourth-order valence-electron chi connectivity index (χ4n) is 4.01. The standard InChI is InChI=1S/C25H26F2N4O3/c26-19-9-7-18(8-10-19)16-28-24(32)25(33)29-17-22(23-6-3-15-34-23)31-13-11-30(12-14-31)21-5-2-1-4-20(21)27/h1-10,15,22H,11-14,16-17H2,(H,28,32)(H,29,33)/t22-/m1/s1. The average molecular weight is 469 g/mol. The Morgan fingerprint density at radius 2 is 1.59 bits per heavy atom. The van der Waals surface area contributed by atoms with Crippen molar-refractivity contribution < 1.29 is 22.8 Å². The van der Waals surface area contributed by atoms with Crippen LogP contribution in [0, 0.1) is 11.6 Å². The molecule has 34 heavy (non-hydrogen) atoms. The van der Waals surface area contributed by atoms with E-state index in [2.05, 4.69) is 15.5 Å². The van der Waals surface area contributed by atoms with Crippen LogP contribution in [0.15, 0.2) is 71.3 Å². The molecule has 3 aromatic rings. The van der Waals surface area contributed by atoms with Crippen molar-refractivity contribution in [3.8, 4) is 0 Å². The van der Waals surface area contributed by atoms with Gasteiger partial charge in [-0.25, -0.2) is 8.78 Å². The molecule has 1 aromatic heterocycles. The van der Waals surface area contributed by atoms with Gasteiger partial charge >= 0.3 is 11.8 Å². The Bertz CT molecular complexity index is 1100. The van der Waals surface area contributed by atoms with Crippen LogP contribution in [0.1, 0.15) is 17.4 Å². The molecule has 2 N–H and O–H groups in total. The lowest BCUT2D eigenvalue weighted by molar-refractivity contribution is -0.139. The second-order valence-corrected chi connectivity index (χ2v) is 8.02. The molecule has 0 saturated carbocycles. The predicted octanol–water partition coefficient (Wildman–Crippen LogP) is 2.85. The van der Waals surface area contributed by atoms with Gasteiger partial charge < -0.3 is 20.0 Å². The lowest BCUT2D eigenvalue weighted by Gasteiger charge is -2.39. The number of nitrogens with one attached hydrogen (secondary N) is 2. The van der Waals surface area contributed by atoms with E-state index < -0.39 is 11.8 Å². The van der Waals surface area contributed by atoms with E-state index >= 15 is 0 Å². The largest absolute Gasteiger partial charge is 0.468 e. The van der Waals surface area contributed by atoms with Gasteiger partial charge in [0.15, 0.2) is 0 Å². The maximum absolute atomic E-state index is 14.2. The Hall–Kier alpha value is -3.72. The number of carbonyl (C=O) groups excluding carboxylic acids is 2. The van der Waals surface area contributed by atoms with Crippen molar-refractivity contribution >= 4 is 17.5 Å². The van der Waals surface area contributed by atoms with E-state index in [9.17, 15) is 18.4 Å². The first-order chi connectivity index (χ1) is 16.5. The Balaban J connectivity index is 1.32. The molecule has 0 unspecified atom stereocenters. The minimum Gasteiger partial charge on any atom is -0.468 e. The molecule has 1 saturated heterocycles. The number of furan rings is 1. The van der Waals surface area contributed by atoms with E-state index in [0.717, 1.165) is 0 Å². The van der Waals surface area contributed by atoms with E-state index in [1.165, 1.54) is 18.2 Å². The number of piperazine rings is 1. The van der Waals surface area contributed by atoms with Crippen LogP contribution in [-0.4, -0.2) is 49.4 Å². The summed E-state index contributed by atoms with van der Waals surface area (Å²) in [6.45, 7) is 2.79. The summed E-state index contributed by atoms with van der Waals surface area (Å²) in [6.07, 6.45) is 1.56. The molecule has 2 heterocycles. The number of nitrogens with zero attached hydrogens (tertiary/aromatic N) is 2. The highest BCUT2D eigenvalue weighted by atomic mass is 19.1. The van der Waals surface area contributed by atoms with Crippen LogP contribution >= 0.6 is 0 Å². The van der Waals surface area contributed by atoms with E-state index in [4.69, 9.17) is 4.42 Å². The maximum atomic E-state index is 14.2. The molecule has 0 spiro atoms. The minimum absolute atomic E-state index is 0.117. The van der Waals surface area contributed by atoms with Crippen molar-refractivity contribution in [1.82, 2.24) is 15.5 Å². The van der Waals surface area contributed by atoms with Crippen LogP contribution in [0.2, 0.25) is 0 Å². The Morgan fingerprint density at radius 1 is 0.882 bits per heavy atom. The highest BCUT2D eigenvalue weighted by Gasteiger charge is 2.28. The SMILES string of the molecule is O=C(NCc1ccc(F)cc1)C(=O)NC[C@H](c1ccco1)N1CCN(c2ccccc2F)CC1. The van der Waals surface area contributed by atoms with Gasteiger partial charge in [0.25, 0.3) is 0 Å². The molecule has 178 valence electrons. The van der Waals surface area contributed by atoms with E-state index in [-0.39, 0.29) is 30.8 Å². The quantitative estimate of drug-likeness (QED) is 0.522. The topological polar surface area (TPSA) is 77.8 Å². The molecule has 1 aliphatic rings. The summed E-state index contributed by atoms with van der Waals surface area (Å²) >= 11 is 0.